The molecule has 2 N–H and O–H groups in total. The van der Waals surface area contributed by atoms with Crippen molar-refractivity contribution in [3.63, 3.8) is 0 Å². The van der Waals surface area contributed by atoms with Gasteiger partial charge in [0.15, 0.2) is 0 Å². The van der Waals surface area contributed by atoms with Gasteiger partial charge in [-0.3, -0.25) is 4.98 Å². The largest absolute Gasteiger partial charge is 0.392 e. The average molecular weight is 244 g/mol. The van der Waals surface area contributed by atoms with Gasteiger partial charge in [-0.05, 0) is 31.9 Å². The summed E-state index contributed by atoms with van der Waals surface area (Å²) in [6.07, 6.45) is 0.577. The molecular weight excluding hydrogens is 224 g/mol. The Morgan fingerprint density at radius 3 is 2.72 bits per heavy atom. The van der Waals surface area contributed by atoms with Crippen molar-refractivity contribution in [2.45, 2.75) is 33.3 Å². The number of hydrogen-bond donors (Lipinski definition) is 2. The number of nitrogens with one attached hydrogen (secondary N) is 1. The highest BCUT2D eigenvalue weighted by Crippen LogP contribution is 2.28. The maximum Gasteiger partial charge on any atom is 0.0726 e. The van der Waals surface area contributed by atoms with Crippen molar-refractivity contribution >= 4 is 16.6 Å². The van der Waals surface area contributed by atoms with E-state index in [1.165, 1.54) is 5.56 Å². The molecule has 96 valence electrons. The normalized spacial score (nSPS) is 12.7. The summed E-state index contributed by atoms with van der Waals surface area (Å²) in [5.41, 5.74) is 4.40. The number of aliphatic hydroxyl groups is 1. The Hall–Kier alpha value is -1.61. The Morgan fingerprint density at radius 1 is 1.33 bits per heavy atom. The summed E-state index contributed by atoms with van der Waals surface area (Å²) >= 11 is 0. The molecule has 2 rings (SSSR count). The fourth-order valence-electron chi connectivity index (χ4n) is 2.26. The highest BCUT2D eigenvalue weighted by Gasteiger charge is 2.11. The Labute approximate surface area is 108 Å². The second-order valence-electron chi connectivity index (χ2n) is 4.65. The predicted octanol–water partition coefficient (Wildman–Crippen LogP) is 2.90. The summed E-state index contributed by atoms with van der Waals surface area (Å²) in [4.78, 5) is 4.63. The van der Waals surface area contributed by atoms with Crippen molar-refractivity contribution in [2.24, 2.45) is 0 Å². The van der Waals surface area contributed by atoms with Crippen LogP contribution in [0.1, 0.15) is 25.1 Å². The topological polar surface area (TPSA) is 45.2 Å². The van der Waals surface area contributed by atoms with Gasteiger partial charge in [0.05, 0.1) is 11.6 Å². The van der Waals surface area contributed by atoms with Crippen LogP contribution in [0.4, 0.5) is 5.69 Å². The van der Waals surface area contributed by atoms with E-state index in [9.17, 15) is 5.11 Å². The number of aromatic nitrogens is 1. The molecule has 0 fully saturated rings. The number of nitrogens with zero attached hydrogens (tertiary/aromatic N) is 1. The SMILES string of the molecule is CCc1c(C)nc2ccccc2c1NC[C@H](C)O. The number of rotatable bonds is 4. The molecule has 1 atom stereocenters. The minimum Gasteiger partial charge on any atom is -0.392 e. The van der Waals surface area contributed by atoms with Crippen molar-refractivity contribution in [3.8, 4) is 0 Å². The number of aliphatic hydroxyl groups excluding tert-OH is 1. The first-order valence-electron chi connectivity index (χ1n) is 6.43. The summed E-state index contributed by atoms with van der Waals surface area (Å²) in [5.74, 6) is 0. The van der Waals surface area contributed by atoms with Crippen molar-refractivity contribution in [3.05, 3.63) is 35.5 Å². The molecule has 0 aliphatic rings. The summed E-state index contributed by atoms with van der Waals surface area (Å²) in [7, 11) is 0. The van der Waals surface area contributed by atoms with E-state index in [0.717, 1.165) is 28.7 Å². The highest BCUT2D eigenvalue weighted by molar-refractivity contribution is 5.93. The van der Waals surface area contributed by atoms with E-state index in [0.29, 0.717) is 6.54 Å². The summed E-state index contributed by atoms with van der Waals surface area (Å²) < 4.78 is 0. The molecule has 0 aliphatic carbocycles. The third kappa shape index (κ3) is 2.46. The lowest BCUT2D eigenvalue weighted by Crippen LogP contribution is -2.17. The second kappa shape index (κ2) is 5.36. The monoisotopic (exact) mass is 244 g/mol. The van der Waals surface area contributed by atoms with Gasteiger partial charge in [-0.1, -0.05) is 25.1 Å². The first kappa shape index (κ1) is 12.8. The molecule has 1 aromatic carbocycles. The van der Waals surface area contributed by atoms with Crippen LogP contribution in [0.15, 0.2) is 24.3 Å². The Morgan fingerprint density at radius 2 is 2.06 bits per heavy atom. The number of para-hydroxylation sites is 1. The van der Waals surface area contributed by atoms with Crippen LogP contribution < -0.4 is 5.32 Å². The number of anilines is 1. The molecule has 0 saturated carbocycles. The molecule has 18 heavy (non-hydrogen) atoms. The van der Waals surface area contributed by atoms with Crippen LogP contribution in [-0.2, 0) is 6.42 Å². The molecule has 1 aromatic heterocycles. The lowest BCUT2D eigenvalue weighted by atomic mass is 10.0. The molecular formula is C15H20N2O. The van der Waals surface area contributed by atoms with Crippen molar-refractivity contribution in [1.82, 2.24) is 4.98 Å². The fourth-order valence-corrected chi connectivity index (χ4v) is 2.26. The maximum absolute atomic E-state index is 9.44. The minimum absolute atomic E-state index is 0.359. The van der Waals surface area contributed by atoms with E-state index >= 15 is 0 Å². The average Bonchev–Trinajstić information content (AvgIpc) is 2.35. The molecule has 0 spiro atoms. The number of pyridine rings is 1. The van der Waals surface area contributed by atoms with Crippen LogP contribution >= 0.6 is 0 Å². The molecule has 1 heterocycles. The van der Waals surface area contributed by atoms with Crippen LogP contribution in [0.2, 0.25) is 0 Å². The zero-order chi connectivity index (χ0) is 13.1. The highest BCUT2D eigenvalue weighted by atomic mass is 16.3. The molecule has 0 saturated heterocycles. The fraction of sp³-hybridized carbons (Fsp3) is 0.400. The smallest absolute Gasteiger partial charge is 0.0726 e. The first-order chi connectivity index (χ1) is 8.63. The van der Waals surface area contributed by atoms with Gasteiger partial charge in [-0.15, -0.1) is 0 Å². The van der Waals surface area contributed by atoms with Crippen molar-refractivity contribution in [2.75, 3.05) is 11.9 Å². The Bertz CT molecular complexity index is 549. The van der Waals surface area contributed by atoms with Gasteiger partial charge in [0.2, 0.25) is 0 Å². The van der Waals surface area contributed by atoms with E-state index in [-0.39, 0.29) is 6.10 Å². The van der Waals surface area contributed by atoms with Crippen molar-refractivity contribution < 1.29 is 5.11 Å². The summed E-state index contributed by atoms with van der Waals surface area (Å²) in [6.45, 7) is 6.51. The lowest BCUT2D eigenvalue weighted by molar-refractivity contribution is 0.208. The third-order valence-corrected chi connectivity index (χ3v) is 3.13. The minimum atomic E-state index is -0.359. The van der Waals surface area contributed by atoms with Gasteiger partial charge in [-0.25, -0.2) is 0 Å². The first-order valence-corrected chi connectivity index (χ1v) is 6.43. The van der Waals surface area contributed by atoms with Crippen LogP contribution in [0, 0.1) is 6.92 Å². The molecule has 3 nitrogen and oxygen atoms in total. The summed E-state index contributed by atoms with van der Waals surface area (Å²) in [5, 5.41) is 13.9. The molecule has 2 aromatic rings. The lowest BCUT2D eigenvalue weighted by Gasteiger charge is -2.17. The number of benzene rings is 1. The van der Waals surface area contributed by atoms with Gasteiger partial charge in [0.1, 0.15) is 0 Å². The zero-order valence-corrected chi connectivity index (χ0v) is 11.2. The van der Waals surface area contributed by atoms with E-state index in [4.69, 9.17) is 0 Å². The van der Waals surface area contributed by atoms with Crippen molar-refractivity contribution in [1.29, 1.82) is 0 Å². The molecule has 0 radical (unpaired) electrons. The molecule has 0 amide bonds. The predicted molar refractivity (Wildman–Crippen MR) is 76.0 cm³/mol. The molecule has 3 heteroatoms. The van der Waals surface area contributed by atoms with Crippen LogP contribution in [-0.4, -0.2) is 22.7 Å². The van der Waals surface area contributed by atoms with E-state index in [2.05, 4.69) is 23.3 Å². The number of aryl methyl sites for hydroxylation is 1. The van der Waals surface area contributed by atoms with Gasteiger partial charge in [-0.2, -0.15) is 0 Å². The molecule has 0 aliphatic heterocycles. The van der Waals surface area contributed by atoms with Gasteiger partial charge in [0.25, 0.3) is 0 Å². The van der Waals surface area contributed by atoms with Crippen LogP contribution in [0.5, 0.6) is 0 Å². The van der Waals surface area contributed by atoms with E-state index in [1.54, 1.807) is 6.92 Å². The van der Waals surface area contributed by atoms with Gasteiger partial charge < -0.3 is 10.4 Å². The molecule has 0 unspecified atom stereocenters. The number of hydrogen-bond acceptors (Lipinski definition) is 3. The third-order valence-electron chi connectivity index (χ3n) is 3.13. The van der Waals surface area contributed by atoms with Gasteiger partial charge in [0, 0.05) is 23.3 Å². The van der Waals surface area contributed by atoms with Crippen LogP contribution in [0.3, 0.4) is 0 Å². The zero-order valence-electron chi connectivity index (χ0n) is 11.2. The second-order valence-corrected chi connectivity index (χ2v) is 4.65. The van der Waals surface area contributed by atoms with Gasteiger partial charge >= 0.3 is 0 Å². The Balaban J connectivity index is 2.57. The van der Waals surface area contributed by atoms with Crippen LogP contribution in [0.25, 0.3) is 10.9 Å². The quantitative estimate of drug-likeness (QED) is 0.869. The number of fused-ring (bicyclic) bond motifs is 1. The van der Waals surface area contributed by atoms with E-state index in [1.807, 2.05) is 25.1 Å². The van der Waals surface area contributed by atoms with E-state index < -0.39 is 0 Å². The summed E-state index contributed by atoms with van der Waals surface area (Å²) in [6, 6.07) is 8.12. The standard InChI is InChI=1S/C15H20N2O/c1-4-12-11(3)17-14-8-6-5-7-13(14)15(12)16-9-10(2)18/h5-8,10,18H,4,9H2,1-3H3,(H,16,17)/t10-/m0/s1. The Kier molecular flexibility index (Phi) is 3.82. The molecule has 0 bridgehead atoms. The maximum atomic E-state index is 9.44.